The normalized spacial score (nSPS) is 9.83. The van der Waals surface area contributed by atoms with Gasteiger partial charge >= 0.3 is 0 Å². The van der Waals surface area contributed by atoms with Crippen molar-refractivity contribution in [2.75, 3.05) is 6.54 Å². The lowest BCUT2D eigenvalue weighted by molar-refractivity contribution is 0.765. The number of allylic oxidation sites excluding steroid dienone is 1. The molecule has 0 unspecified atom stereocenters. The van der Waals surface area contributed by atoms with Crippen molar-refractivity contribution in [1.82, 2.24) is 10.3 Å². The van der Waals surface area contributed by atoms with Gasteiger partial charge in [-0.2, -0.15) is 0 Å². The molecule has 0 aliphatic rings. The Morgan fingerprint density at radius 3 is 3.08 bits per heavy atom. The van der Waals surface area contributed by atoms with E-state index in [4.69, 9.17) is 0 Å². The largest absolute Gasteiger partial charge is 0.308 e. The van der Waals surface area contributed by atoms with Gasteiger partial charge in [-0.25, -0.2) is 0 Å². The van der Waals surface area contributed by atoms with E-state index < -0.39 is 0 Å². The molecule has 0 amide bonds. The van der Waals surface area contributed by atoms with Crippen LogP contribution in [0.4, 0.5) is 0 Å². The second-order valence-electron chi connectivity index (χ2n) is 2.88. The zero-order valence-corrected chi connectivity index (χ0v) is 8.32. The van der Waals surface area contributed by atoms with Crippen LogP contribution in [0.5, 0.6) is 0 Å². The standard InChI is InChI=1S/C9H14N2S/c1-8(2)3-4-10-5-9-6-11-7-12-9/h3,6-7,10H,4-5H2,1-2H3. The van der Waals surface area contributed by atoms with Crippen LogP contribution in [0.3, 0.4) is 0 Å². The predicted octanol–water partition coefficient (Wildman–Crippen LogP) is 2.20. The molecule has 0 radical (unpaired) electrons. The zero-order chi connectivity index (χ0) is 8.81. The molecule has 0 fully saturated rings. The van der Waals surface area contributed by atoms with Gasteiger partial charge in [-0.05, 0) is 13.8 Å². The molecule has 0 saturated heterocycles. The van der Waals surface area contributed by atoms with Crippen molar-refractivity contribution in [1.29, 1.82) is 0 Å². The average molecular weight is 182 g/mol. The number of hydrogen-bond acceptors (Lipinski definition) is 3. The number of hydrogen-bond donors (Lipinski definition) is 1. The Kier molecular flexibility index (Phi) is 3.97. The van der Waals surface area contributed by atoms with E-state index in [0.717, 1.165) is 13.1 Å². The molecule has 0 spiro atoms. The molecule has 3 heteroatoms. The fraction of sp³-hybridized carbons (Fsp3) is 0.444. The lowest BCUT2D eigenvalue weighted by atomic mass is 10.3. The van der Waals surface area contributed by atoms with Gasteiger partial charge in [0.1, 0.15) is 0 Å². The van der Waals surface area contributed by atoms with Crippen LogP contribution in [-0.2, 0) is 6.54 Å². The Hall–Kier alpha value is -0.670. The molecule has 0 bridgehead atoms. The number of aromatic nitrogens is 1. The van der Waals surface area contributed by atoms with Gasteiger partial charge < -0.3 is 5.32 Å². The van der Waals surface area contributed by atoms with E-state index in [2.05, 4.69) is 30.2 Å². The Labute approximate surface area is 77.3 Å². The summed E-state index contributed by atoms with van der Waals surface area (Å²) >= 11 is 1.69. The lowest BCUT2D eigenvalue weighted by Gasteiger charge is -1.97. The van der Waals surface area contributed by atoms with E-state index in [1.807, 2.05) is 11.7 Å². The molecule has 0 aliphatic heterocycles. The summed E-state index contributed by atoms with van der Waals surface area (Å²) < 4.78 is 0. The van der Waals surface area contributed by atoms with Gasteiger partial charge in [-0.15, -0.1) is 11.3 Å². The highest BCUT2D eigenvalue weighted by Crippen LogP contribution is 2.03. The van der Waals surface area contributed by atoms with Crippen molar-refractivity contribution in [3.05, 3.63) is 28.2 Å². The molecular formula is C9H14N2S. The minimum absolute atomic E-state index is 0.925. The van der Waals surface area contributed by atoms with E-state index in [9.17, 15) is 0 Å². The molecule has 12 heavy (non-hydrogen) atoms. The van der Waals surface area contributed by atoms with Gasteiger partial charge in [-0.3, -0.25) is 4.98 Å². The summed E-state index contributed by atoms with van der Waals surface area (Å²) in [6, 6.07) is 0. The molecule has 1 aromatic rings. The lowest BCUT2D eigenvalue weighted by Crippen LogP contribution is -2.11. The Bertz CT molecular complexity index is 235. The van der Waals surface area contributed by atoms with E-state index in [1.165, 1.54) is 10.5 Å². The summed E-state index contributed by atoms with van der Waals surface area (Å²) in [4.78, 5) is 5.29. The number of rotatable bonds is 4. The molecular weight excluding hydrogens is 168 g/mol. The highest BCUT2D eigenvalue weighted by Gasteiger charge is 1.90. The summed E-state index contributed by atoms with van der Waals surface area (Å²) in [6.45, 7) is 6.08. The van der Waals surface area contributed by atoms with Crippen molar-refractivity contribution < 1.29 is 0 Å². The topological polar surface area (TPSA) is 24.9 Å². The van der Waals surface area contributed by atoms with Crippen LogP contribution in [0.25, 0.3) is 0 Å². The average Bonchev–Trinajstić information content (AvgIpc) is 2.49. The summed E-state index contributed by atoms with van der Waals surface area (Å²) in [5.74, 6) is 0. The smallest absolute Gasteiger partial charge is 0.0794 e. The Morgan fingerprint density at radius 1 is 1.67 bits per heavy atom. The zero-order valence-electron chi connectivity index (χ0n) is 7.50. The molecule has 1 aromatic heterocycles. The first kappa shape index (κ1) is 9.42. The van der Waals surface area contributed by atoms with Crippen LogP contribution in [-0.4, -0.2) is 11.5 Å². The van der Waals surface area contributed by atoms with Crippen LogP contribution in [0.2, 0.25) is 0 Å². The van der Waals surface area contributed by atoms with Gasteiger partial charge in [0, 0.05) is 24.2 Å². The SMILES string of the molecule is CC(C)=CCNCc1cncs1. The molecule has 0 atom stereocenters. The first-order valence-corrected chi connectivity index (χ1v) is 4.88. The quantitative estimate of drug-likeness (QED) is 0.570. The minimum Gasteiger partial charge on any atom is -0.308 e. The van der Waals surface area contributed by atoms with Crippen molar-refractivity contribution >= 4 is 11.3 Å². The third-order valence-corrected chi connectivity index (χ3v) is 2.22. The fourth-order valence-electron chi connectivity index (χ4n) is 0.801. The third-order valence-electron chi connectivity index (χ3n) is 1.44. The molecule has 1 rings (SSSR count). The molecule has 2 nitrogen and oxygen atoms in total. The first-order chi connectivity index (χ1) is 5.79. The van der Waals surface area contributed by atoms with Gasteiger partial charge in [-0.1, -0.05) is 11.6 Å². The highest BCUT2D eigenvalue weighted by atomic mass is 32.1. The molecule has 66 valence electrons. The number of thiazole rings is 1. The molecule has 0 aliphatic carbocycles. The Balaban J connectivity index is 2.16. The van der Waals surface area contributed by atoms with Crippen LogP contribution < -0.4 is 5.32 Å². The third kappa shape index (κ3) is 3.64. The van der Waals surface area contributed by atoms with Crippen molar-refractivity contribution in [3.8, 4) is 0 Å². The molecule has 1 N–H and O–H groups in total. The maximum atomic E-state index is 4.00. The fourth-order valence-corrected chi connectivity index (χ4v) is 1.37. The predicted molar refractivity (Wildman–Crippen MR) is 53.3 cm³/mol. The van der Waals surface area contributed by atoms with Crippen molar-refractivity contribution in [3.63, 3.8) is 0 Å². The Morgan fingerprint density at radius 2 is 2.50 bits per heavy atom. The monoisotopic (exact) mass is 182 g/mol. The van der Waals surface area contributed by atoms with Gasteiger partial charge in [0.15, 0.2) is 0 Å². The summed E-state index contributed by atoms with van der Waals surface area (Å²) in [5, 5.41) is 3.31. The summed E-state index contributed by atoms with van der Waals surface area (Å²) in [7, 11) is 0. The minimum atomic E-state index is 0.925. The van der Waals surface area contributed by atoms with Crippen LogP contribution >= 0.6 is 11.3 Å². The van der Waals surface area contributed by atoms with Gasteiger partial charge in [0.05, 0.1) is 5.51 Å². The van der Waals surface area contributed by atoms with Crippen LogP contribution in [0.1, 0.15) is 18.7 Å². The highest BCUT2D eigenvalue weighted by molar-refractivity contribution is 7.09. The van der Waals surface area contributed by atoms with Crippen molar-refractivity contribution in [2.24, 2.45) is 0 Å². The van der Waals surface area contributed by atoms with E-state index >= 15 is 0 Å². The maximum Gasteiger partial charge on any atom is 0.0794 e. The number of nitrogens with one attached hydrogen (secondary N) is 1. The summed E-state index contributed by atoms with van der Waals surface area (Å²) in [5.41, 5.74) is 3.21. The molecule has 1 heterocycles. The van der Waals surface area contributed by atoms with Crippen molar-refractivity contribution in [2.45, 2.75) is 20.4 Å². The maximum absolute atomic E-state index is 4.00. The second kappa shape index (κ2) is 5.06. The number of nitrogens with zero attached hydrogens (tertiary/aromatic N) is 1. The summed E-state index contributed by atoms with van der Waals surface area (Å²) in [6.07, 6.45) is 4.08. The van der Waals surface area contributed by atoms with E-state index in [0.29, 0.717) is 0 Å². The van der Waals surface area contributed by atoms with Crippen LogP contribution in [0, 0.1) is 0 Å². The van der Waals surface area contributed by atoms with Gasteiger partial charge in [0.2, 0.25) is 0 Å². The molecule has 0 aromatic carbocycles. The van der Waals surface area contributed by atoms with Gasteiger partial charge in [0.25, 0.3) is 0 Å². The van der Waals surface area contributed by atoms with Crippen LogP contribution in [0.15, 0.2) is 23.4 Å². The first-order valence-electron chi connectivity index (χ1n) is 4.00. The molecule has 0 saturated carbocycles. The van der Waals surface area contributed by atoms with E-state index in [1.54, 1.807) is 11.3 Å². The second-order valence-corrected chi connectivity index (χ2v) is 3.85. The van der Waals surface area contributed by atoms with E-state index in [-0.39, 0.29) is 0 Å².